The molecule has 0 N–H and O–H groups in total. The molecule has 12 heavy (non-hydrogen) atoms. The molecule has 0 aliphatic carbocycles. The van der Waals surface area contributed by atoms with Crippen LogP contribution in [-0.2, 0) is 6.54 Å². The molecule has 1 aromatic heterocycles. The Morgan fingerprint density at radius 3 is 2.67 bits per heavy atom. The molecule has 0 atom stereocenters. The third kappa shape index (κ3) is 2.75. The van der Waals surface area contributed by atoms with Gasteiger partial charge in [-0.1, -0.05) is 18.5 Å². The van der Waals surface area contributed by atoms with Gasteiger partial charge in [0.25, 0.3) is 0 Å². The van der Waals surface area contributed by atoms with Gasteiger partial charge in [0, 0.05) is 6.54 Å². The van der Waals surface area contributed by atoms with Crippen LogP contribution >= 0.6 is 11.6 Å². The van der Waals surface area contributed by atoms with Crippen LogP contribution in [0.3, 0.4) is 0 Å². The van der Waals surface area contributed by atoms with Crippen LogP contribution in [0.2, 0.25) is 5.15 Å². The van der Waals surface area contributed by atoms with Gasteiger partial charge in [0.05, 0.1) is 5.69 Å². The zero-order chi connectivity index (χ0) is 8.97. The molecular formula is C8H12ClN3. The molecule has 4 heteroatoms. The van der Waals surface area contributed by atoms with E-state index in [0.29, 0.717) is 5.15 Å². The summed E-state index contributed by atoms with van der Waals surface area (Å²) in [6.45, 7) is 3.92. The molecule has 0 aliphatic heterocycles. The van der Waals surface area contributed by atoms with Crippen molar-refractivity contribution in [1.82, 2.24) is 15.1 Å². The molecule has 1 aromatic rings. The maximum absolute atomic E-state index is 5.59. The second-order valence-corrected chi connectivity index (χ2v) is 3.07. The summed E-state index contributed by atoms with van der Waals surface area (Å²) in [6.07, 6.45) is 0. The van der Waals surface area contributed by atoms with Crippen LogP contribution in [0.15, 0.2) is 12.1 Å². The quantitative estimate of drug-likeness (QED) is 0.716. The number of aromatic nitrogens is 2. The molecule has 0 unspecified atom stereocenters. The van der Waals surface area contributed by atoms with E-state index in [1.807, 2.05) is 13.1 Å². The number of halogens is 1. The van der Waals surface area contributed by atoms with E-state index in [0.717, 1.165) is 18.8 Å². The number of nitrogens with zero attached hydrogens (tertiary/aromatic N) is 3. The first-order valence-electron chi connectivity index (χ1n) is 3.89. The average Bonchev–Trinajstić information content (AvgIpc) is 2.09. The predicted octanol–water partition coefficient (Wildman–Crippen LogP) is 1.58. The fourth-order valence-corrected chi connectivity index (χ4v) is 0.917. The van der Waals surface area contributed by atoms with E-state index in [1.54, 1.807) is 6.07 Å². The summed E-state index contributed by atoms with van der Waals surface area (Å²) in [5, 5.41) is 8.14. The minimum Gasteiger partial charge on any atom is -0.301 e. The van der Waals surface area contributed by atoms with Gasteiger partial charge in [-0.15, -0.1) is 5.10 Å². The van der Waals surface area contributed by atoms with E-state index in [9.17, 15) is 0 Å². The molecule has 3 nitrogen and oxygen atoms in total. The maximum atomic E-state index is 5.59. The second-order valence-electron chi connectivity index (χ2n) is 2.68. The molecule has 0 amide bonds. The highest BCUT2D eigenvalue weighted by Crippen LogP contribution is 2.03. The summed E-state index contributed by atoms with van der Waals surface area (Å²) in [7, 11) is 2.04. The number of hydrogen-bond acceptors (Lipinski definition) is 3. The van der Waals surface area contributed by atoms with Crippen LogP contribution in [0.25, 0.3) is 0 Å². The largest absolute Gasteiger partial charge is 0.301 e. The fourth-order valence-electron chi connectivity index (χ4n) is 0.816. The highest BCUT2D eigenvalue weighted by molar-refractivity contribution is 6.29. The van der Waals surface area contributed by atoms with Crippen molar-refractivity contribution in [3.05, 3.63) is 23.0 Å². The SMILES string of the molecule is CCN(C)Cc1ccc(Cl)nn1. The van der Waals surface area contributed by atoms with Crippen molar-refractivity contribution >= 4 is 11.6 Å². The lowest BCUT2D eigenvalue weighted by atomic mass is 10.3. The standard InChI is InChI=1S/C8H12ClN3/c1-3-12(2)6-7-4-5-8(9)11-10-7/h4-5H,3,6H2,1-2H3. The zero-order valence-corrected chi connectivity index (χ0v) is 8.04. The van der Waals surface area contributed by atoms with Crippen molar-refractivity contribution in [3.8, 4) is 0 Å². The molecule has 66 valence electrons. The Morgan fingerprint density at radius 2 is 2.17 bits per heavy atom. The summed E-state index contributed by atoms with van der Waals surface area (Å²) in [4.78, 5) is 2.15. The maximum Gasteiger partial charge on any atom is 0.151 e. The fraction of sp³-hybridized carbons (Fsp3) is 0.500. The Kier molecular flexibility index (Phi) is 3.44. The van der Waals surface area contributed by atoms with Gasteiger partial charge in [0.2, 0.25) is 0 Å². The molecule has 0 bridgehead atoms. The first kappa shape index (κ1) is 9.42. The van der Waals surface area contributed by atoms with Gasteiger partial charge < -0.3 is 4.90 Å². The zero-order valence-electron chi connectivity index (χ0n) is 7.29. The van der Waals surface area contributed by atoms with Crippen molar-refractivity contribution in [2.75, 3.05) is 13.6 Å². The van der Waals surface area contributed by atoms with Crippen LogP contribution in [0.5, 0.6) is 0 Å². The van der Waals surface area contributed by atoms with Gasteiger partial charge in [-0.05, 0) is 25.7 Å². The van der Waals surface area contributed by atoms with Gasteiger partial charge in [-0.25, -0.2) is 0 Å². The molecule has 0 radical (unpaired) electrons. The first-order valence-corrected chi connectivity index (χ1v) is 4.27. The predicted molar refractivity (Wildman–Crippen MR) is 49.1 cm³/mol. The smallest absolute Gasteiger partial charge is 0.151 e. The molecule has 0 saturated heterocycles. The molecule has 1 heterocycles. The van der Waals surface area contributed by atoms with E-state index in [1.165, 1.54) is 0 Å². The minimum atomic E-state index is 0.443. The Morgan fingerprint density at radius 1 is 1.42 bits per heavy atom. The highest BCUT2D eigenvalue weighted by Gasteiger charge is 1.98. The Bertz CT molecular complexity index is 235. The van der Waals surface area contributed by atoms with Crippen LogP contribution in [0.4, 0.5) is 0 Å². The van der Waals surface area contributed by atoms with Crippen LogP contribution in [0, 0.1) is 0 Å². The highest BCUT2D eigenvalue weighted by atomic mass is 35.5. The summed E-state index contributed by atoms with van der Waals surface area (Å²) in [6, 6.07) is 3.65. The molecule has 0 spiro atoms. The van der Waals surface area contributed by atoms with Gasteiger partial charge in [-0.3, -0.25) is 0 Å². The van der Waals surface area contributed by atoms with E-state index >= 15 is 0 Å². The van der Waals surface area contributed by atoms with E-state index in [2.05, 4.69) is 22.0 Å². The van der Waals surface area contributed by atoms with Crippen molar-refractivity contribution < 1.29 is 0 Å². The molecule has 0 aliphatic rings. The first-order chi connectivity index (χ1) is 5.72. The van der Waals surface area contributed by atoms with Gasteiger partial charge >= 0.3 is 0 Å². The average molecular weight is 186 g/mol. The number of rotatable bonds is 3. The van der Waals surface area contributed by atoms with Crippen molar-refractivity contribution in [2.24, 2.45) is 0 Å². The lowest BCUT2D eigenvalue weighted by Gasteiger charge is -2.11. The van der Waals surface area contributed by atoms with Crippen LogP contribution in [0.1, 0.15) is 12.6 Å². The van der Waals surface area contributed by atoms with E-state index < -0.39 is 0 Å². The van der Waals surface area contributed by atoms with Gasteiger partial charge in [-0.2, -0.15) is 5.10 Å². The number of hydrogen-bond donors (Lipinski definition) is 0. The normalized spacial score (nSPS) is 10.7. The third-order valence-electron chi connectivity index (χ3n) is 1.66. The van der Waals surface area contributed by atoms with Crippen LogP contribution in [-0.4, -0.2) is 28.7 Å². The summed E-state index contributed by atoms with van der Waals surface area (Å²) < 4.78 is 0. The van der Waals surface area contributed by atoms with Crippen molar-refractivity contribution in [1.29, 1.82) is 0 Å². The van der Waals surface area contributed by atoms with Crippen LogP contribution < -0.4 is 0 Å². The molecule has 0 aromatic carbocycles. The van der Waals surface area contributed by atoms with Crippen molar-refractivity contribution in [2.45, 2.75) is 13.5 Å². The molecule has 1 rings (SSSR count). The summed E-state index contributed by atoms with van der Waals surface area (Å²) >= 11 is 5.59. The summed E-state index contributed by atoms with van der Waals surface area (Å²) in [5.41, 5.74) is 0.948. The Labute approximate surface area is 77.4 Å². The monoisotopic (exact) mass is 185 g/mol. The van der Waals surface area contributed by atoms with E-state index in [-0.39, 0.29) is 0 Å². The van der Waals surface area contributed by atoms with Gasteiger partial charge in [0.1, 0.15) is 0 Å². The Balaban J connectivity index is 2.58. The lowest BCUT2D eigenvalue weighted by molar-refractivity contribution is 0.340. The molecule has 0 saturated carbocycles. The third-order valence-corrected chi connectivity index (χ3v) is 1.86. The second kappa shape index (κ2) is 4.38. The molecule has 0 fully saturated rings. The van der Waals surface area contributed by atoms with Crippen molar-refractivity contribution in [3.63, 3.8) is 0 Å². The topological polar surface area (TPSA) is 29.0 Å². The summed E-state index contributed by atoms with van der Waals surface area (Å²) in [5.74, 6) is 0. The Hall–Kier alpha value is -0.670. The van der Waals surface area contributed by atoms with Gasteiger partial charge in [0.15, 0.2) is 5.15 Å². The lowest BCUT2D eigenvalue weighted by Crippen LogP contribution is -2.17. The molecular weight excluding hydrogens is 174 g/mol. The minimum absolute atomic E-state index is 0.443. The van der Waals surface area contributed by atoms with E-state index in [4.69, 9.17) is 11.6 Å².